The van der Waals surface area contributed by atoms with Crippen LogP contribution in [0.2, 0.25) is 0 Å². The standard InChI is InChI=1S/C17H25BrN2O2.ClH/c1-2-19-13-14-6-9-20(10-7-14)17(21)8-11-22-16-5-3-4-15(18)12-16;/h3-5,12,14,19H,2,6-11,13H2,1H3;1H. The molecule has 1 N–H and O–H groups in total. The van der Waals surface area contributed by atoms with Crippen molar-refractivity contribution < 1.29 is 9.53 Å². The molecule has 0 aliphatic carbocycles. The molecule has 4 nitrogen and oxygen atoms in total. The molecule has 1 heterocycles. The van der Waals surface area contributed by atoms with E-state index in [0.29, 0.717) is 18.9 Å². The number of hydrogen-bond acceptors (Lipinski definition) is 3. The molecule has 23 heavy (non-hydrogen) atoms. The van der Waals surface area contributed by atoms with Gasteiger partial charge in [-0.25, -0.2) is 0 Å². The highest BCUT2D eigenvalue weighted by Gasteiger charge is 2.22. The molecule has 1 amide bonds. The van der Waals surface area contributed by atoms with Gasteiger partial charge in [-0.2, -0.15) is 0 Å². The summed E-state index contributed by atoms with van der Waals surface area (Å²) in [6, 6.07) is 7.70. The van der Waals surface area contributed by atoms with Gasteiger partial charge in [-0.15, -0.1) is 12.4 Å². The van der Waals surface area contributed by atoms with E-state index in [2.05, 4.69) is 28.2 Å². The van der Waals surface area contributed by atoms with Crippen molar-refractivity contribution in [1.82, 2.24) is 10.2 Å². The van der Waals surface area contributed by atoms with Crippen molar-refractivity contribution in [3.63, 3.8) is 0 Å². The molecule has 0 spiro atoms. The van der Waals surface area contributed by atoms with E-state index in [0.717, 1.165) is 49.2 Å². The Hall–Kier alpha value is -0.780. The first-order valence-corrected chi connectivity index (χ1v) is 8.85. The van der Waals surface area contributed by atoms with Crippen LogP contribution in [0.5, 0.6) is 5.75 Å². The third kappa shape index (κ3) is 7.10. The van der Waals surface area contributed by atoms with Gasteiger partial charge in [-0.3, -0.25) is 4.79 Å². The van der Waals surface area contributed by atoms with E-state index >= 15 is 0 Å². The van der Waals surface area contributed by atoms with E-state index < -0.39 is 0 Å². The lowest BCUT2D eigenvalue weighted by molar-refractivity contribution is -0.133. The molecule has 1 aromatic carbocycles. The fraction of sp³-hybridized carbons (Fsp3) is 0.588. The lowest BCUT2D eigenvalue weighted by atomic mass is 9.96. The molecule has 130 valence electrons. The summed E-state index contributed by atoms with van der Waals surface area (Å²) < 4.78 is 6.62. The van der Waals surface area contributed by atoms with Gasteiger partial charge in [-0.05, 0) is 50.0 Å². The van der Waals surface area contributed by atoms with Crippen molar-refractivity contribution >= 4 is 34.2 Å². The van der Waals surface area contributed by atoms with Crippen LogP contribution in [0.1, 0.15) is 26.2 Å². The number of rotatable bonds is 7. The third-order valence-corrected chi connectivity index (χ3v) is 4.52. The maximum Gasteiger partial charge on any atom is 0.225 e. The highest BCUT2D eigenvalue weighted by atomic mass is 79.9. The highest BCUT2D eigenvalue weighted by Crippen LogP contribution is 2.19. The molecule has 6 heteroatoms. The lowest BCUT2D eigenvalue weighted by Crippen LogP contribution is -2.41. The number of piperidine rings is 1. The van der Waals surface area contributed by atoms with E-state index in [9.17, 15) is 4.79 Å². The van der Waals surface area contributed by atoms with E-state index in [4.69, 9.17) is 4.74 Å². The molecule has 1 aromatic rings. The van der Waals surface area contributed by atoms with Crippen molar-refractivity contribution in [2.45, 2.75) is 26.2 Å². The summed E-state index contributed by atoms with van der Waals surface area (Å²) >= 11 is 3.41. The number of carbonyl (C=O) groups is 1. The number of ether oxygens (including phenoxy) is 1. The normalized spacial score (nSPS) is 15.1. The molecule has 1 fully saturated rings. The predicted octanol–water partition coefficient (Wildman–Crippen LogP) is 3.49. The van der Waals surface area contributed by atoms with Gasteiger partial charge in [0.1, 0.15) is 5.75 Å². The summed E-state index contributed by atoms with van der Waals surface area (Å²) in [6.07, 6.45) is 2.65. The Kier molecular flexibility index (Phi) is 9.60. The zero-order chi connectivity index (χ0) is 15.8. The van der Waals surface area contributed by atoms with Crippen LogP contribution in [0.25, 0.3) is 0 Å². The first-order valence-electron chi connectivity index (χ1n) is 8.06. The van der Waals surface area contributed by atoms with Crippen molar-refractivity contribution in [1.29, 1.82) is 0 Å². The van der Waals surface area contributed by atoms with Crippen LogP contribution >= 0.6 is 28.3 Å². The molecule has 2 rings (SSSR count). The van der Waals surface area contributed by atoms with Gasteiger partial charge >= 0.3 is 0 Å². The lowest BCUT2D eigenvalue weighted by Gasteiger charge is -2.32. The highest BCUT2D eigenvalue weighted by molar-refractivity contribution is 9.10. The van der Waals surface area contributed by atoms with Crippen molar-refractivity contribution in [3.8, 4) is 5.75 Å². The second-order valence-electron chi connectivity index (χ2n) is 5.69. The Morgan fingerprint density at radius 3 is 2.78 bits per heavy atom. The largest absolute Gasteiger partial charge is 0.493 e. The second-order valence-corrected chi connectivity index (χ2v) is 6.60. The maximum absolute atomic E-state index is 12.2. The summed E-state index contributed by atoms with van der Waals surface area (Å²) in [5.74, 6) is 1.71. The van der Waals surface area contributed by atoms with Crippen LogP contribution in [-0.4, -0.2) is 43.6 Å². The monoisotopic (exact) mass is 404 g/mol. The number of amides is 1. The van der Waals surface area contributed by atoms with Gasteiger partial charge in [0.2, 0.25) is 5.91 Å². The first kappa shape index (κ1) is 20.3. The number of hydrogen-bond donors (Lipinski definition) is 1. The van der Waals surface area contributed by atoms with E-state index in [1.165, 1.54) is 0 Å². The van der Waals surface area contributed by atoms with Crippen LogP contribution in [0.3, 0.4) is 0 Å². The molecule has 1 aliphatic heterocycles. The quantitative estimate of drug-likeness (QED) is 0.755. The van der Waals surface area contributed by atoms with Crippen molar-refractivity contribution in [2.75, 3.05) is 32.8 Å². The molecule has 0 bridgehead atoms. The van der Waals surface area contributed by atoms with Crippen LogP contribution < -0.4 is 10.1 Å². The molecule has 0 radical (unpaired) electrons. The number of benzene rings is 1. The van der Waals surface area contributed by atoms with Crippen LogP contribution in [0.15, 0.2) is 28.7 Å². The van der Waals surface area contributed by atoms with Gasteiger partial charge < -0.3 is 15.0 Å². The Labute approximate surface area is 153 Å². The zero-order valence-electron chi connectivity index (χ0n) is 13.6. The molecular formula is C17H26BrClN2O2. The Morgan fingerprint density at radius 1 is 1.39 bits per heavy atom. The van der Waals surface area contributed by atoms with Gasteiger partial charge in [0.15, 0.2) is 0 Å². The minimum atomic E-state index is 0. The molecule has 0 atom stereocenters. The second kappa shape index (κ2) is 10.9. The fourth-order valence-electron chi connectivity index (χ4n) is 2.71. The number of likely N-dealkylation sites (tertiary alicyclic amines) is 1. The minimum Gasteiger partial charge on any atom is -0.493 e. The molecule has 1 aliphatic rings. The van der Waals surface area contributed by atoms with Crippen LogP contribution in [-0.2, 0) is 4.79 Å². The third-order valence-electron chi connectivity index (χ3n) is 4.03. The minimum absolute atomic E-state index is 0. The smallest absolute Gasteiger partial charge is 0.225 e. The number of carbonyl (C=O) groups excluding carboxylic acids is 1. The summed E-state index contributed by atoms with van der Waals surface area (Å²) in [7, 11) is 0. The average Bonchev–Trinajstić information content (AvgIpc) is 2.53. The van der Waals surface area contributed by atoms with E-state index in [1.807, 2.05) is 29.2 Å². The number of nitrogens with zero attached hydrogens (tertiary/aromatic N) is 1. The summed E-state index contributed by atoms with van der Waals surface area (Å²) in [5, 5.41) is 3.39. The number of nitrogens with one attached hydrogen (secondary N) is 1. The van der Waals surface area contributed by atoms with Crippen molar-refractivity contribution in [2.24, 2.45) is 5.92 Å². The Bertz CT molecular complexity index is 479. The summed E-state index contributed by atoms with van der Waals surface area (Å²) in [5.41, 5.74) is 0. The molecule has 1 saturated heterocycles. The summed E-state index contributed by atoms with van der Waals surface area (Å²) in [4.78, 5) is 14.2. The van der Waals surface area contributed by atoms with E-state index in [1.54, 1.807) is 0 Å². The molecule has 0 saturated carbocycles. The molecule has 0 unspecified atom stereocenters. The summed E-state index contributed by atoms with van der Waals surface area (Å²) in [6.45, 7) is 6.42. The molecular weight excluding hydrogens is 380 g/mol. The van der Waals surface area contributed by atoms with Gasteiger partial charge in [0.25, 0.3) is 0 Å². The first-order chi connectivity index (χ1) is 10.7. The SMILES string of the molecule is CCNCC1CCN(C(=O)CCOc2cccc(Br)c2)CC1.Cl. The predicted molar refractivity (Wildman–Crippen MR) is 99.3 cm³/mol. The van der Waals surface area contributed by atoms with Gasteiger partial charge in [0.05, 0.1) is 13.0 Å². The number of halogens is 2. The molecule has 0 aromatic heterocycles. The average molecular weight is 406 g/mol. The van der Waals surface area contributed by atoms with E-state index in [-0.39, 0.29) is 18.3 Å². The van der Waals surface area contributed by atoms with Crippen LogP contribution in [0, 0.1) is 5.92 Å². The Balaban J connectivity index is 0.00000264. The zero-order valence-corrected chi connectivity index (χ0v) is 16.0. The van der Waals surface area contributed by atoms with Gasteiger partial charge in [0, 0.05) is 17.6 Å². The fourth-order valence-corrected chi connectivity index (χ4v) is 3.08. The van der Waals surface area contributed by atoms with Gasteiger partial charge in [-0.1, -0.05) is 28.9 Å². The Morgan fingerprint density at radius 2 is 2.13 bits per heavy atom. The topological polar surface area (TPSA) is 41.6 Å². The van der Waals surface area contributed by atoms with Crippen LogP contribution in [0.4, 0.5) is 0 Å². The maximum atomic E-state index is 12.2. The van der Waals surface area contributed by atoms with Crippen molar-refractivity contribution in [3.05, 3.63) is 28.7 Å².